The van der Waals surface area contributed by atoms with Crippen LogP contribution < -0.4 is 0 Å². The van der Waals surface area contributed by atoms with Gasteiger partial charge in [-0.25, -0.2) is 0 Å². The number of ether oxygens (including phenoxy) is 1. The summed E-state index contributed by atoms with van der Waals surface area (Å²) in [6, 6.07) is 0. The summed E-state index contributed by atoms with van der Waals surface area (Å²) in [7, 11) is 0. The lowest BCUT2D eigenvalue weighted by molar-refractivity contribution is -0.163. The molecule has 2 nitrogen and oxygen atoms in total. The highest BCUT2D eigenvalue weighted by Crippen LogP contribution is 2.66. The van der Waals surface area contributed by atoms with Crippen molar-refractivity contribution in [1.82, 2.24) is 0 Å². The van der Waals surface area contributed by atoms with Gasteiger partial charge >= 0.3 is 5.97 Å². The first-order chi connectivity index (χ1) is 8.00. The van der Waals surface area contributed by atoms with Gasteiger partial charge in [0, 0.05) is 5.41 Å². The fourth-order valence-electron chi connectivity index (χ4n) is 3.14. The second-order valence-electron chi connectivity index (χ2n) is 7.47. The smallest absolute Gasteiger partial charge is 0.311 e. The maximum absolute atomic E-state index is 12.1. The van der Waals surface area contributed by atoms with Crippen LogP contribution in [-0.2, 0) is 9.53 Å². The van der Waals surface area contributed by atoms with Crippen LogP contribution >= 0.6 is 22.6 Å². The third-order valence-electron chi connectivity index (χ3n) is 5.01. The highest BCUT2D eigenvalue weighted by atomic mass is 127. The third-order valence-corrected chi connectivity index (χ3v) is 6.07. The summed E-state index contributed by atoms with van der Waals surface area (Å²) in [6.45, 7) is 12.6. The molecule has 0 spiro atoms. The largest absolute Gasteiger partial charge is 0.461 e. The first kappa shape index (κ1) is 14.4. The predicted molar refractivity (Wildman–Crippen MR) is 81.4 cm³/mol. The second-order valence-corrected chi connectivity index (χ2v) is 8.71. The lowest BCUT2D eigenvalue weighted by Crippen LogP contribution is -2.39. The molecule has 3 atom stereocenters. The van der Waals surface area contributed by atoms with E-state index in [9.17, 15) is 4.79 Å². The minimum Gasteiger partial charge on any atom is -0.461 e. The van der Waals surface area contributed by atoms with E-state index < -0.39 is 5.41 Å². The Hall–Kier alpha value is -0.0600. The van der Waals surface area contributed by atoms with Gasteiger partial charge in [-0.15, -0.1) is 0 Å². The lowest BCUT2D eigenvalue weighted by Gasteiger charge is -2.38. The maximum atomic E-state index is 12.1. The normalized spacial score (nSPS) is 37.6. The number of hydrogen-bond acceptors (Lipinski definition) is 2. The number of carbonyl (C=O) groups is 1. The van der Waals surface area contributed by atoms with E-state index in [0.29, 0.717) is 5.92 Å². The zero-order chi connectivity index (χ0) is 13.9. The number of halogens is 1. The second kappa shape index (κ2) is 3.97. The molecule has 0 saturated heterocycles. The maximum Gasteiger partial charge on any atom is 0.311 e. The van der Waals surface area contributed by atoms with Gasteiger partial charge in [0.05, 0.1) is 5.41 Å². The van der Waals surface area contributed by atoms with Crippen molar-refractivity contribution >= 4 is 28.6 Å². The fourth-order valence-corrected chi connectivity index (χ4v) is 4.82. The lowest BCUT2D eigenvalue weighted by atomic mass is 9.69. The summed E-state index contributed by atoms with van der Waals surface area (Å²) in [5, 5.41) is 0. The van der Waals surface area contributed by atoms with Gasteiger partial charge in [-0.3, -0.25) is 4.79 Å². The molecule has 0 aromatic rings. The fraction of sp³-hybridized carbons (Fsp3) is 0.800. The average molecular weight is 362 g/mol. The van der Waals surface area contributed by atoms with Crippen molar-refractivity contribution in [3.63, 3.8) is 0 Å². The molecular weight excluding hydrogens is 339 g/mol. The van der Waals surface area contributed by atoms with Gasteiger partial charge in [0.15, 0.2) is 0 Å². The van der Waals surface area contributed by atoms with E-state index in [2.05, 4.69) is 49.4 Å². The summed E-state index contributed by atoms with van der Waals surface area (Å²) < 4.78 is 7.24. The molecule has 3 heteroatoms. The van der Waals surface area contributed by atoms with Crippen molar-refractivity contribution in [1.29, 1.82) is 0 Å². The SMILES string of the molecule is CC(C)(C)C(=O)O[C@@H]1C[C@@H]2C(I)=C[C@@]1(C)C2(C)C. The van der Waals surface area contributed by atoms with Gasteiger partial charge in [0.1, 0.15) is 6.10 Å². The molecule has 0 heterocycles. The minimum atomic E-state index is -0.417. The van der Waals surface area contributed by atoms with Crippen LogP contribution in [0.15, 0.2) is 9.66 Å². The Morgan fingerprint density at radius 3 is 2.28 bits per heavy atom. The molecule has 0 aliphatic heterocycles. The van der Waals surface area contributed by atoms with Crippen LogP contribution in [-0.4, -0.2) is 12.1 Å². The molecule has 0 amide bonds. The molecule has 18 heavy (non-hydrogen) atoms. The molecule has 0 unspecified atom stereocenters. The zero-order valence-corrected chi connectivity index (χ0v) is 14.3. The van der Waals surface area contributed by atoms with Gasteiger partial charge in [0.25, 0.3) is 0 Å². The van der Waals surface area contributed by atoms with E-state index in [1.807, 2.05) is 20.8 Å². The number of fused-ring (bicyclic) bond motifs is 2. The van der Waals surface area contributed by atoms with E-state index in [-0.39, 0.29) is 22.9 Å². The monoisotopic (exact) mass is 362 g/mol. The molecule has 2 aliphatic rings. The van der Waals surface area contributed by atoms with Crippen molar-refractivity contribution in [3.05, 3.63) is 9.66 Å². The van der Waals surface area contributed by atoms with Gasteiger partial charge in [-0.05, 0) is 64.7 Å². The third kappa shape index (κ3) is 1.84. The molecule has 0 aromatic heterocycles. The van der Waals surface area contributed by atoms with E-state index in [0.717, 1.165) is 6.42 Å². The summed E-state index contributed by atoms with van der Waals surface area (Å²) in [6.07, 6.45) is 3.32. The number of carbonyl (C=O) groups excluding carboxylic acids is 1. The van der Waals surface area contributed by atoms with Crippen LogP contribution in [0.4, 0.5) is 0 Å². The molecule has 102 valence electrons. The van der Waals surface area contributed by atoms with Crippen LogP contribution in [0.5, 0.6) is 0 Å². The van der Waals surface area contributed by atoms with Crippen LogP contribution in [0.3, 0.4) is 0 Å². The highest BCUT2D eigenvalue weighted by molar-refractivity contribution is 14.1. The molecule has 1 saturated carbocycles. The van der Waals surface area contributed by atoms with E-state index in [1.165, 1.54) is 3.58 Å². The van der Waals surface area contributed by atoms with Crippen molar-refractivity contribution in [2.75, 3.05) is 0 Å². The van der Waals surface area contributed by atoms with Crippen molar-refractivity contribution < 1.29 is 9.53 Å². The quantitative estimate of drug-likeness (QED) is 0.513. The predicted octanol–water partition coefficient (Wildman–Crippen LogP) is 4.33. The molecule has 2 rings (SSSR count). The molecule has 2 aliphatic carbocycles. The van der Waals surface area contributed by atoms with Crippen LogP contribution in [0, 0.1) is 22.2 Å². The molecule has 0 radical (unpaired) electrons. The summed E-state index contributed by atoms with van der Waals surface area (Å²) in [5.74, 6) is 0.460. The van der Waals surface area contributed by atoms with Gasteiger partial charge < -0.3 is 4.74 Å². The Labute approximate surface area is 124 Å². The van der Waals surface area contributed by atoms with Crippen molar-refractivity contribution in [2.24, 2.45) is 22.2 Å². The Morgan fingerprint density at radius 1 is 1.39 bits per heavy atom. The Kier molecular flexibility index (Phi) is 3.16. The topological polar surface area (TPSA) is 26.3 Å². The molecular formula is C15H23IO2. The molecule has 1 fully saturated rings. The van der Waals surface area contributed by atoms with Crippen LogP contribution in [0.25, 0.3) is 0 Å². The highest BCUT2D eigenvalue weighted by Gasteiger charge is 2.62. The standard InChI is InChI=1S/C15H23IO2/c1-13(2,3)12(17)18-11-7-9-10(16)8-15(11,6)14(9,4)5/h8-9,11H,7H2,1-6H3/t9-,11-,15-/m1/s1. The van der Waals surface area contributed by atoms with Crippen molar-refractivity contribution in [2.45, 2.75) is 54.1 Å². The first-order valence-electron chi connectivity index (χ1n) is 6.59. The van der Waals surface area contributed by atoms with Gasteiger partial charge in [0.2, 0.25) is 0 Å². The number of esters is 1. The van der Waals surface area contributed by atoms with Gasteiger partial charge in [-0.2, -0.15) is 0 Å². The van der Waals surface area contributed by atoms with Crippen LogP contribution in [0.1, 0.15) is 48.0 Å². The molecule has 0 aromatic carbocycles. The Balaban J connectivity index is 2.23. The Morgan fingerprint density at radius 2 is 1.94 bits per heavy atom. The summed E-state index contributed by atoms with van der Waals surface area (Å²) >= 11 is 2.44. The van der Waals surface area contributed by atoms with E-state index in [4.69, 9.17) is 4.74 Å². The first-order valence-corrected chi connectivity index (χ1v) is 7.67. The minimum absolute atomic E-state index is 0.0187. The number of allylic oxidation sites excluding steroid dienone is 1. The molecule has 2 bridgehead atoms. The van der Waals surface area contributed by atoms with Crippen LogP contribution in [0.2, 0.25) is 0 Å². The molecule has 0 N–H and O–H groups in total. The van der Waals surface area contributed by atoms with E-state index >= 15 is 0 Å². The van der Waals surface area contributed by atoms with E-state index in [1.54, 1.807) is 0 Å². The summed E-state index contributed by atoms with van der Waals surface area (Å²) in [5.41, 5.74) is -0.249. The Bertz CT molecular complexity index is 417. The van der Waals surface area contributed by atoms with Gasteiger partial charge in [-0.1, -0.05) is 26.8 Å². The average Bonchev–Trinajstić information content (AvgIpc) is 2.46. The number of hydrogen-bond donors (Lipinski definition) is 0. The van der Waals surface area contributed by atoms with Crippen molar-refractivity contribution in [3.8, 4) is 0 Å². The number of rotatable bonds is 1. The zero-order valence-electron chi connectivity index (χ0n) is 12.1. The summed E-state index contributed by atoms with van der Waals surface area (Å²) in [4.78, 5) is 12.1.